The lowest BCUT2D eigenvalue weighted by Gasteiger charge is -2.29. The maximum absolute atomic E-state index is 11.8. The second-order valence-electron chi connectivity index (χ2n) is 8.70. The van der Waals surface area contributed by atoms with E-state index in [1.807, 2.05) is 0 Å². The molecule has 0 aliphatic heterocycles. The summed E-state index contributed by atoms with van der Waals surface area (Å²) in [6.07, 6.45) is 18.9. The van der Waals surface area contributed by atoms with Crippen LogP contribution in [0.2, 0.25) is 0 Å². The van der Waals surface area contributed by atoms with E-state index in [1.54, 1.807) is 14.1 Å². The molecule has 2 fully saturated rings. The Morgan fingerprint density at radius 2 is 1.78 bits per heavy atom. The second-order valence-corrected chi connectivity index (χ2v) is 8.70. The largest absolute Gasteiger partial charge is 0.446 e. The van der Waals surface area contributed by atoms with Gasteiger partial charge in [0.2, 0.25) is 0 Å². The monoisotopic (exact) mass is 377 g/mol. The van der Waals surface area contributed by atoms with E-state index in [1.165, 1.54) is 49.8 Å². The summed E-state index contributed by atoms with van der Waals surface area (Å²) in [6.45, 7) is 3.02. The van der Waals surface area contributed by atoms with Crippen LogP contribution < -0.4 is 0 Å². The van der Waals surface area contributed by atoms with Crippen molar-refractivity contribution in [2.24, 2.45) is 17.8 Å². The molecule has 27 heavy (non-hydrogen) atoms. The van der Waals surface area contributed by atoms with Crippen molar-refractivity contribution >= 4 is 6.09 Å². The summed E-state index contributed by atoms with van der Waals surface area (Å²) < 4.78 is 11.7. The molecule has 4 nitrogen and oxygen atoms in total. The zero-order valence-electron chi connectivity index (χ0n) is 17.6. The number of hydrogen-bond donors (Lipinski definition) is 0. The van der Waals surface area contributed by atoms with Gasteiger partial charge >= 0.3 is 6.09 Å². The molecule has 5 atom stereocenters. The van der Waals surface area contributed by atoms with Gasteiger partial charge in [0.25, 0.3) is 0 Å². The summed E-state index contributed by atoms with van der Waals surface area (Å²) in [7, 11) is 3.47. The first-order valence-electron chi connectivity index (χ1n) is 11.0. The van der Waals surface area contributed by atoms with E-state index in [9.17, 15) is 4.79 Å². The topological polar surface area (TPSA) is 38.8 Å². The number of ether oxygens (including phenoxy) is 2. The predicted octanol–water partition coefficient (Wildman–Crippen LogP) is 5.26. The number of rotatable bonds is 12. The fourth-order valence-electron chi connectivity index (χ4n) is 4.67. The van der Waals surface area contributed by atoms with Gasteiger partial charge in [0.1, 0.15) is 12.2 Å². The fourth-order valence-corrected chi connectivity index (χ4v) is 4.67. The quantitative estimate of drug-likeness (QED) is 0.344. The third-order valence-electron chi connectivity index (χ3n) is 6.32. The molecule has 2 aliphatic carbocycles. The van der Waals surface area contributed by atoms with Gasteiger partial charge in [-0.2, -0.15) is 0 Å². The molecule has 2 aliphatic rings. The van der Waals surface area contributed by atoms with Crippen molar-refractivity contribution < 1.29 is 14.3 Å². The van der Waals surface area contributed by atoms with Crippen LogP contribution in [0.4, 0.5) is 4.79 Å². The molecule has 1 amide bonds. The molecule has 5 unspecified atom stereocenters. The van der Waals surface area contributed by atoms with Crippen LogP contribution in [0, 0.1) is 30.1 Å². The van der Waals surface area contributed by atoms with Crippen molar-refractivity contribution in [3.8, 4) is 12.3 Å². The number of fused-ring (bicyclic) bond motifs is 2. The molecular formula is C23H39NO3. The van der Waals surface area contributed by atoms with Crippen molar-refractivity contribution in [1.29, 1.82) is 0 Å². The zero-order chi connectivity index (χ0) is 19.6. The number of hydrogen-bond acceptors (Lipinski definition) is 3. The summed E-state index contributed by atoms with van der Waals surface area (Å²) in [4.78, 5) is 13.3. The Kier molecular flexibility index (Phi) is 9.48. The van der Waals surface area contributed by atoms with Gasteiger partial charge in [0.05, 0.1) is 6.61 Å². The molecule has 2 bridgehead atoms. The average molecular weight is 378 g/mol. The lowest BCUT2D eigenvalue weighted by atomic mass is 9.88. The minimum Gasteiger partial charge on any atom is -0.446 e. The number of carbonyl (C=O) groups excluding carboxylic acids is 1. The smallest absolute Gasteiger partial charge is 0.409 e. The van der Waals surface area contributed by atoms with Crippen LogP contribution in [-0.2, 0) is 9.47 Å². The van der Waals surface area contributed by atoms with E-state index in [0.29, 0.717) is 17.8 Å². The number of carbonyl (C=O) groups is 1. The lowest BCUT2D eigenvalue weighted by molar-refractivity contribution is 0.00832. The number of nitrogens with zero attached hydrogens (tertiary/aromatic N) is 1. The highest BCUT2D eigenvalue weighted by Crippen LogP contribution is 2.49. The van der Waals surface area contributed by atoms with Crippen molar-refractivity contribution in [1.82, 2.24) is 4.90 Å². The van der Waals surface area contributed by atoms with Crippen LogP contribution in [-0.4, -0.2) is 43.9 Å². The minimum absolute atomic E-state index is 0.0397. The van der Waals surface area contributed by atoms with Crippen LogP contribution in [0.1, 0.15) is 77.6 Å². The highest BCUT2D eigenvalue weighted by molar-refractivity contribution is 5.67. The number of unbranched alkanes of at least 4 members (excludes halogenated alkanes) is 6. The molecule has 0 N–H and O–H groups in total. The zero-order valence-corrected chi connectivity index (χ0v) is 17.6. The average Bonchev–Trinajstić information content (AvgIpc) is 3.23. The molecule has 0 spiro atoms. The molecule has 0 aromatic heterocycles. The number of amides is 1. The Hall–Kier alpha value is -1.21. The third kappa shape index (κ3) is 7.03. The molecule has 0 saturated heterocycles. The Morgan fingerprint density at radius 3 is 2.37 bits per heavy atom. The summed E-state index contributed by atoms with van der Waals surface area (Å²) in [5.74, 6) is 4.53. The first-order chi connectivity index (χ1) is 13.0. The molecule has 0 heterocycles. The van der Waals surface area contributed by atoms with E-state index in [4.69, 9.17) is 15.9 Å². The fraction of sp³-hybridized carbons (Fsp3) is 0.870. The Balaban J connectivity index is 1.59. The summed E-state index contributed by atoms with van der Waals surface area (Å²) in [5.41, 5.74) is 0. The Labute approximate surface area is 166 Å². The summed E-state index contributed by atoms with van der Waals surface area (Å²) in [5, 5.41) is 0. The van der Waals surface area contributed by atoms with Crippen molar-refractivity contribution in [2.45, 2.75) is 89.8 Å². The van der Waals surface area contributed by atoms with Crippen LogP contribution >= 0.6 is 0 Å². The minimum atomic E-state index is -0.220. The highest BCUT2D eigenvalue weighted by atomic mass is 16.6. The van der Waals surface area contributed by atoms with Crippen LogP contribution in [0.15, 0.2) is 0 Å². The van der Waals surface area contributed by atoms with Crippen molar-refractivity contribution in [2.75, 3.05) is 20.7 Å². The van der Waals surface area contributed by atoms with Crippen LogP contribution in [0.3, 0.4) is 0 Å². The second kappa shape index (κ2) is 11.6. The van der Waals surface area contributed by atoms with E-state index >= 15 is 0 Å². The van der Waals surface area contributed by atoms with Gasteiger partial charge in [-0.05, 0) is 49.9 Å². The SMILES string of the molecule is C#CC(CCCCCCCCC)OCC1CC2CC1CC2OC(=O)N(C)C. The van der Waals surface area contributed by atoms with Gasteiger partial charge in [-0.25, -0.2) is 4.79 Å². The van der Waals surface area contributed by atoms with Gasteiger partial charge in [-0.15, -0.1) is 6.42 Å². The maximum Gasteiger partial charge on any atom is 0.409 e. The number of terminal acetylenes is 1. The van der Waals surface area contributed by atoms with Gasteiger partial charge in [0, 0.05) is 14.1 Å². The molecule has 0 radical (unpaired) electrons. The molecule has 154 valence electrons. The predicted molar refractivity (Wildman–Crippen MR) is 109 cm³/mol. The molecule has 4 heteroatoms. The first kappa shape index (κ1) is 22.1. The first-order valence-corrected chi connectivity index (χ1v) is 11.0. The molecule has 2 rings (SSSR count). The Bertz CT molecular complexity index is 485. The van der Waals surface area contributed by atoms with Gasteiger partial charge < -0.3 is 14.4 Å². The summed E-state index contributed by atoms with van der Waals surface area (Å²) in [6, 6.07) is 0. The van der Waals surface area contributed by atoms with Crippen LogP contribution in [0.5, 0.6) is 0 Å². The molecule has 0 aromatic rings. The van der Waals surface area contributed by atoms with Gasteiger partial charge in [-0.1, -0.05) is 51.4 Å². The van der Waals surface area contributed by atoms with E-state index in [0.717, 1.165) is 32.3 Å². The molecule has 2 saturated carbocycles. The third-order valence-corrected chi connectivity index (χ3v) is 6.32. The van der Waals surface area contributed by atoms with Gasteiger partial charge in [-0.3, -0.25) is 0 Å². The summed E-state index contributed by atoms with van der Waals surface area (Å²) >= 11 is 0. The normalized spacial score (nSPS) is 27.3. The van der Waals surface area contributed by atoms with Crippen LogP contribution in [0.25, 0.3) is 0 Å². The maximum atomic E-state index is 11.8. The van der Waals surface area contributed by atoms with Crippen molar-refractivity contribution in [3.63, 3.8) is 0 Å². The Morgan fingerprint density at radius 1 is 1.07 bits per heavy atom. The lowest BCUT2D eigenvalue weighted by Crippen LogP contribution is -2.33. The standard InChI is InChI=1S/C23H39NO3/c1-5-7-8-9-10-11-12-13-21(6-2)26-17-20-15-19-14-18(20)16-22(19)27-23(25)24(3)4/h2,18-22H,5,7-17H2,1,3-4H3. The van der Waals surface area contributed by atoms with Gasteiger partial charge in [0.15, 0.2) is 0 Å². The molecular weight excluding hydrogens is 338 g/mol. The molecule has 0 aromatic carbocycles. The van der Waals surface area contributed by atoms with E-state index < -0.39 is 0 Å². The highest BCUT2D eigenvalue weighted by Gasteiger charge is 2.47. The van der Waals surface area contributed by atoms with Crippen molar-refractivity contribution in [3.05, 3.63) is 0 Å². The van der Waals surface area contributed by atoms with E-state index in [2.05, 4.69) is 12.8 Å². The van der Waals surface area contributed by atoms with E-state index in [-0.39, 0.29) is 18.3 Å².